The first kappa shape index (κ1) is 25.3. The Bertz CT molecular complexity index is 1300. The van der Waals surface area contributed by atoms with Gasteiger partial charge >= 0.3 is 0 Å². The number of rotatable bonds is 7. The monoisotopic (exact) mass is 506 g/mol. The van der Waals surface area contributed by atoms with Crippen molar-refractivity contribution in [3.8, 4) is 17.2 Å². The van der Waals surface area contributed by atoms with E-state index in [1.807, 2.05) is 56.5 Å². The van der Waals surface area contributed by atoms with Crippen LogP contribution in [0.2, 0.25) is 0 Å². The first-order valence-corrected chi connectivity index (χ1v) is 12.5. The van der Waals surface area contributed by atoms with Crippen LogP contribution in [0.3, 0.4) is 0 Å². The second-order valence-corrected chi connectivity index (χ2v) is 10.2. The van der Waals surface area contributed by atoms with Gasteiger partial charge in [-0.25, -0.2) is 0 Å². The van der Waals surface area contributed by atoms with E-state index in [0.29, 0.717) is 23.5 Å². The summed E-state index contributed by atoms with van der Waals surface area (Å²) in [6.07, 6.45) is 2.27. The Morgan fingerprint density at radius 3 is 2.56 bits per heavy atom. The van der Waals surface area contributed by atoms with E-state index >= 15 is 0 Å². The minimum absolute atomic E-state index is 0.148. The van der Waals surface area contributed by atoms with Crippen molar-refractivity contribution in [1.29, 1.82) is 0 Å². The third-order valence-corrected chi connectivity index (χ3v) is 6.72. The molecular formula is C28H30N2O5S. The first-order valence-electron chi connectivity index (χ1n) is 11.6. The molecule has 4 rings (SSSR count). The normalized spacial score (nSPS) is 16.4. The maximum atomic E-state index is 13.5. The van der Waals surface area contributed by atoms with Crippen molar-refractivity contribution in [3.63, 3.8) is 0 Å². The van der Waals surface area contributed by atoms with Crippen LogP contribution >= 0.6 is 11.3 Å². The van der Waals surface area contributed by atoms with Crippen LogP contribution in [0.4, 0.5) is 0 Å². The van der Waals surface area contributed by atoms with Gasteiger partial charge in [-0.2, -0.15) is 0 Å². The molecule has 2 amide bonds. The van der Waals surface area contributed by atoms with Gasteiger partial charge < -0.3 is 24.8 Å². The van der Waals surface area contributed by atoms with Crippen LogP contribution in [0, 0.1) is 6.92 Å². The highest BCUT2D eigenvalue weighted by molar-refractivity contribution is 7.10. The largest absolute Gasteiger partial charge is 0.493 e. The number of nitrogens with one attached hydrogen (secondary N) is 2. The van der Waals surface area contributed by atoms with Gasteiger partial charge in [0.1, 0.15) is 17.0 Å². The lowest BCUT2D eigenvalue weighted by molar-refractivity contribution is -0.119. The molecule has 1 aromatic heterocycles. The van der Waals surface area contributed by atoms with Crippen molar-refractivity contribution in [2.24, 2.45) is 0 Å². The molecule has 8 heteroatoms. The van der Waals surface area contributed by atoms with Crippen molar-refractivity contribution < 1.29 is 23.8 Å². The molecule has 0 radical (unpaired) electrons. The quantitative estimate of drug-likeness (QED) is 0.427. The van der Waals surface area contributed by atoms with Crippen LogP contribution in [0.5, 0.6) is 17.2 Å². The van der Waals surface area contributed by atoms with Gasteiger partial charge in [-0.3, -0.25) is 9.59 Å². The molecule has 2 heterocycles. The Labute approximate surface area is 215 Å². The summed E-state index contributed by atoms with van der Waals surface area (Å²) in [5.74, 6) is 0.880. The third-order valence-electron chi connectivity index (χ3n) is 5.90. The second-order valence-electron chi connectivity index (χ2n) is 9.23. The lowest BCUT2D eigenvalue weighted by Crippen LogP contribution is -2.43. The van der Waals surface area contributed by atoms with E-state index in [9.17, 15) is 9.59 Å². The van der Waals surface area contributed by atoms with Crippen molar-refractivity contribution in [2.75, 3.05) is 14.2 Å². The highest BCUT2D eigenvalue weighted by Gasteiger charge is 2.35. The van der Waals surface area contributed by atoms with E-state index in [1.165, 1.54) is 25.6 Å². The maximum Gasteiger partial charge on any atom is 0.268 e. The molecule has 3 aromatic rings. The fourth-order valence-electron chi connectivity index (χ4n) is 4.17. The van der Waals surface area contributed by atoms with Gasteiger partial charge in [0.15, 0.2) is 11.5 Å². The fourth-order valence-corrected chi connectivity index (χ4v) is 4.83. The summed E-state index contributed by atoms with van der Waals surface area (Å²) >= 11 is 1.47. The average molecular weight is 507 g/mol. The van der Waals surface area contributed by atoms with Gasteiger partial charge in [0.25, 0.3) is 11.8 Å². The zero-order chi connectivity index (χ0) is 25.9. The predicted octanol–water partition coefficient (Wildman–Crippen LogP) is 5.26. The van der Waals surface area contributed by atoms with E-state index in [2.05, 4.69) is 10.6 Å². The van der Waals surface area contributed by atoms with E-state index in [4.69, 9.17) is 14.2 Å². The predicted molar refractivity (Wildman–Crippen MR) is 141 cm³/mol. The molecule has 0 saturated carbocycles. The van der Waals surface area contributed by atoms with Crippen LogP contribution in [-0.4, -0.2) is 31.6 Å². The molecule has 1 unspecified atom stereocenters. The van der Waals surface area contributed by atoms with E-state index in [0.717, 1.165) is 21.8 Å². The van der Waals surface area contributed by atoms with Crippen LogP contribution in [0.15, 0.2) is 59.6 Å². The number of fused-ring (bicyclic) bond motifs is 1. The number of benzene rings is 2. The summed E-state index contributed by atoms with van der Waals surface area (Å²) in [4.78, 5) is 27.5. The van der Waals surface area contributed by atoms with E-state index in [1.54, 1.807) is 24.3 Å². The number of carbonyl (C=O) groups excluding carboxylic acids is 2. The number of ether oxygens (including phenoxy) is 3. The Kier molecular flexibility index (Phi) is 7.35. The molecule has 1 aliphatic rings. The van der Waals surface area contributed by atoms with E-state index < -0.39 is 11.5 Å². The number of hydrogen-bond acceptors (Lipinski definition) is 6. The van der Waals surface area contributed by atoms with Crippen molar-refractivity contribution in [1.82, 2.24) is 10.6 Å². The number of thiophene rings is 1. The Morgan fingerprint density at radius 2 is 1.86 bits per heavy atom. The topological polar surface area (TPSA) is 85.9 Å². The molecular weight excluding hydrogens is 476 g/mol. The summed E-state index contributed by atoms with van der Waals surface area (Å²) < 4.78 is 16.7. The van der Waals surface area contributed by atoms with Crippen molar-refractivity contribution in [3.05, 3.63) is 81.2 Å². The Hall–Kier alpha value is -3.78. The Morgan fingerprint density at radius 1 is 1.08 bits per heavy atom. The number of methoxy groups -OCH3 is 2. The van der Waals surface area contributed by atoms with Crippen LogP contribution in [-0.2, 0) is 4.79 Å². The highest BCUT2D eigenvalue weighted by Crippen LogP contribution is 2.40. The fraction of sp³-hybridized carbons (Fsp3) is 0.286. The van der Waals surface area contributed by atoms with Gasteiger partial charge in [0.05, 0.1) is 20.3 Å². The SMILES string of the molecule is COc1ccc(C(=O)N/C(=C\c2cccs2)C(=O)NC2CC(C)(C)Oc3cc(C)ccc32)cc1OC. The lowest BCUT2D eigenvalue weighted by Gasteiger charge is -2.38. The number of hydrogen-bond donors (Lipinski definition) is 2. The molecule has 36 heavy (non-hydrogen) atoms. The number of carbonyl (C=O) groups is 2. The van der Waals surface area contributed by atoms with Gasteiger partial charge in [-0.15, -0.1) is 11.3 Å². The van der Waals surface area contributed by atoms with Gasteiger partial charge in [0.2, 0.25) is 0 Å². The zero-order valence-corrected chi connectivity index (χ0v) is 21.8. The first-order chi connectivity index (χ1) is 17.2. The van der Waals surface area contributed by atoms with Gasteiger partial charge in [-0.1, -0.05) is 18.2 Å². The van der Waals surface area contributed by atoms with Gasteiger partial charge in [0, 0.05) is 22.4 Å². The summed E-state index contributed by atoms with van der Waals surface area (Å²) in [5.41, 5.74) is 2.02. The standard InChI is InChI=1S/C28H30N2O5S/c1-17-8-10-20-22(16-28(2,3)35-24(20)13-17)30-27(32)21(15-19-7-6-12-36-19)29-26(31)18-9-11-23(33-4)25(14-18)34-5/h6-15,22H,16H2,1-5H3,(H,29,31)(H,30,32)/b21-15-. The molecule has 0 saturated heterocycles. The maximum absolute atomic E-state index is 13.5. The molecule has 1 aliphatic heterocycles. The van der Waals surface area contributed by atoms with Gasteiger partial charge in [-0.05, 0) is 68.1 Å². The molecule has 0 aliphatic carbocycles. The van der Waals surface area contributed by atoms with Crippen molar-refractivity contribution >= 4 is 29.2 Å². The molecule has 1 atom stereocenters. The average Bonchev–Trinajstić information content (AvgIpc) is 3.35. The molecule has 0 fully saturated rings. The van der Waals surface area contributed by atoms with Crippen LogP contribution in [0.1, 0.15) is 52.7 Å². The lowest BCUT2D eigenvalue weighted by atomic mass is 9.89. The minimum Gasteiger partial charge on any atom is -0.493 e. The summed E-state index contributed by atoms with van der Waals surface area (Å²) in [5, 5.41) is 7.82. The molecule has 188 valence electrons. The summed E-state index contributed by atoms with van der Waals surface area (Å²) in [6.45, 7) is 6.00. The van der Waals surface area contributed by atoms with Crippen LogP contribution < -0.4 is 24.8 Å². The molecule has 0 spiro atoms. The van der Waals surface area contributed by atoms with Crippen molar-refractivity contribution in [2.45, 2.75) is 38.8 Å². The highest BCUT2D eigenvalue weighted by atomic mass is 32.1. The Balaban J connectivity index is 1.61. The van der Waals surface area contributed by atoms with Crippen LogP contribution in [0.25, 0.3) is 6.08 Å². The molecule has 7 nitrogen and oxygen atoms in total. The molecule has 0 bridgehead atoms. The molecule has 2 aromatic carbocycles. The number of amides is 2. The minimum atomic E-state index is -0.459. The second kappa shape index (κ2) is 10.5. The number of aryl methyl sites for hydroxylation is 1. The molecule has 2 N–H and O–H groups in total. The third kappa shape index (κ3) is 5.71. The summed E-state index contributed by atoms with van der Waals surface area (Å²) in [7, 11) is 3.03. The van der Waals surface area contributed by atoms with E-state index in [-0.39, 0.29) is 17.6 Å². The smallest absolute Gasteiger partial charge is 0.268 e. The summed E-state index contributed by atoms with van der Waals surface area (Å²) in [6, 6.07) is 14.3. The zero-order valence-electron chi connectivity index (χ0n) is 21.0.